The Labute approximate surface area is 112 Å². The van der Waals surface area contributed by atoms with Crippen LogP contribution >= 0.6 is 0 Å². The molecule has 1 amide bonds. The van der Waals surface area contributed by atoms with Gasteiger partial charge in [0.25, 0.3) is 0 Å². The number of rotatable bonds is 4. The molecule has 1 aromatic heterocycles. The third-order valence-corrected chi connectivity index (χ3v) is 2.29. The maximum absolute atomic E-state index is 11.4. The number of hydrogen-bond acceptors (Lipinski definition) is 5. The number of amides is 1. The fraction of sp³-hybridized carbons (Fsp3) is 0.462. The number of aromatic nitrogens is 1. The van der Waals surface area contributed by atoms with Crippen molar-refractivity contribution in [1.82, 2.24) is 10.3 Å². The highest BCUT2D eigenvalue weighted by molar-refractivity contribution is 5.83. The molecule has 19 heavy (non-hydrogen) atoms. The molecule has 0 fully saturated rings. The Kier molecular flexibility index (Phi) is 4.86. The lowest BCUT2D eigenvalue weighted by molar-refractivity contribution is 0.0528. The number of hydrogen-bond donors (Lipinski definition) is 2. The lowest BCUT2D eigenvalue weighted by Gasteiger charge is -2.19. The molecule has 0 spiro atoms. The summed E-state index contributed by atoms with van der Waals surface area (Å²) in [6.07, 6.45) is 3.66. The highest BCUT2D eigenvalue weighted by atomic mass is 16.6. The van der Waals surface area contributed by atoms with Crippen LogP contribution in [0.1, 0.15) is 36.7 Å². The predicted octanol–water partition coefficient (Wildman–Crippen LogP) is 1.54. The number of nitrogens with zero attached hydrogens (tertiary/aromatic N) is 1. The molecule has 3 N–H and O–H groups in total. The van der Waals surface area contributed by atoms with E-state index in [0.29, 0.717) is 30.5 Å². The van der Waals surface area contributed by atoms with Crippen molar-refractivity contribution in [3.05, 3.63) is 23.5 Å². The molecule has 1 aromatic rings. The van der Waals surface area contributed by atoms with E-state index in [1.807, 2.05) is 0 Å². The van der Waals surface area contributed by atoms with Gasteiger partial charge in [-0.3, -0.25) is 9.78 Å². The number of nitrogens with one attached hydrogen (secondary N) is 1. The zero-order valence-electron chi connectivity index (χ0n) is 11.4. The maximum atomic E-state index is 11.4. The van der Waals surface area contributed by atoms with Crippen molar-refractivity contribution in [2.75, 3.05) is 12.3 Å². The third kappa shape index (κ3) is 4.95. The van der Waals surface area contributed by atoms with Gasteiger partial charge in [-0.25, -0.2) is 4.79 Å². The summed E-state index contributed by atoms with van der Waals surface area (Å²) < 4.78 is 5.10. The summed E-state index contributed by atoms with van der Waals surface area (Å²) in [4.78, 5) is 26.0. The standard InChI is InChI=1S/C13H19N3O3/c1-13(2,3)19-12(18)16-5-4-9-6-15-7-10(8-17)11(9)14/h6-8H,4-5H2,1-3H3,(H2,14,15)(H,16,18). The number of nitrogens with two attached hydrogens (primary N) is 1. The van der Waals surface area contributed by atoms with E-state index in [1.165, 1.54) is 6.20 Å². The van der Waals surface area contributed by atoms with E-state index in [1.54, 1.807) is 27.0 Å². The van der Waals surface area contributed by atoms with E-state index in [4.69, 9.17) is 10.5 Å². The third-order valence-electron chi connectivity index (χ3n) is 2.29. The summed E-state index contributed by atoms with van der Waals surface area (Å²) in [6.45, 7) is 5.75. The summed E-state index contributed by atoms with van der Waals surface area (Å²) in [6, 6.07) is 0. The van der Waals surface area contributed by atoms with Gasteiger partial charge in [0.1, 0.15) is 5.60 Å². The first kappa shape index (κ1) is 14.9. The summed E-state index contributed by atoms with van der Waals surface area (Å²) in [5.74, 6) is 0. The minimum absolute atomic E-state index is 0.356. The van der Waals surface area contributed by atoms with Gasteiger partial charge in [-0.05, 0) is 32.8 Å². The lowest BCUT2D eigenvalue weighted by atomic mass is 10.1. The minimum Gasteiger partial charge on any atom is -0.444 e. The van der Waals surface area contributed by atoms with Crippen LogP contribution in [-0.2, 0) is 11.2 Å². The van der Waals surface area contributed by atoms with Gasteiger partial charge >= 0.3 is 6.09 Å². The van der Waals surface area contributed by atoms with Crippen molar-refractivity contribution in [1.29, 1.82) is 0 Å². The smallest absolute Gasteiger partial charge is 0.407 e. The Morgan fingerprint density at radius 3 is 2.74 bits per heavy atom. The van der Waals surface area contributed by atoms with Crippen LogP contribution in [0.3, 0.4) is 0 Å². The van der Waals surface area contributed by atoms with Crippen molar-refractivity contribution in [3.8, 4) is 0 Å². The van der Waals surface area contributed by atoms with Crippen LogP contribution in [0.5, 0.6) is 0 Å². The molecule has 0 bridgehead atoms. The van der Waals surface area contributed by atoms with Gasteiger partial charge in [0.15, 0.2) is 6.29 Å². The zero-order chi connectivity index (χ0) is 14.5. The lowest BCUT2D eigenvalue weighted by Crippen LogP contribution is -2.33. The van der Waals surface area contributed by atoms with E-state index in [0.717, 1.165) is 5.56 Å². The number of ether oxygens (including phenoxy) is 1. The molecule has 0 unspecified atom stereocenters. The molecule has 0 aliphatic carbocycles. The molecular weight excluding hydrogens is 246 g/mol. The Hall–Kier alpha value is -2.11. The molecule has 1 rings (SSSR count). The molecular formula is C13H19N3O3. The van der Waals surface area contributed by atoms with Gasteiger partial charge in [0.05, 0.1) is 5.56 Å². The fourth-order valence-electron chi connectivity index (χ4n) is 1.44. The molecule has 0 radical (unpaired) electrons. The molecule has 0 saturated carbocycles. The van der Waals surface area contributed by atoms with Crippen LogP contribution in [0.15, 0.2) is 12.4 Å². The quantitative estimate of drug-likeness (QED) is 0.805. The summed E-state index contributed by atoms with van der Waals surface area (Å²) >= 11 is 0. The number of pyridine rings is 1. The fourth-order valence-corrected chi connectivity index (χ4v) is 1.44. The van der Waals surface area contributed by atoms with Gasteiger partial charge in [-0.1, -0.05) is 0 Å². The molecule has 104 valence electrons. The maximum Gasteiger partial charge on any atom is 0.407 e. The van der Waals surface area contributed by atoms with Gasteiger partial charge in [0.2, 0.25) is 0 Å². The van der Waals surface area contributed by atoms with Gasteiger partial charge < -0.3 is 15.8 Å². The second-order valence-electron chi connectivity index (χ2n) is 5.10. The summed E-state index contributed by atoms with van der Waals surface area (Å²) in [5.41, 5.74) is 6.75. The molecule has 6 nitrogen and oxygen atoms in total. The van der Waals surface area contributed by atoms with Gasteiger partial charge in [-0.2, -0.15) is 0 Å². The van der Waals surface area contributed by atoms with Crippen molar-refractivity contribution in [2.45, 2.75) is 32.8 Å². The number of nitrogen functional groups attached to an aromatic ring is 1. The van der Waals surface area contributed by atoms with Crippen LogP contribution in [-0.4, -0.2) is 29.5 Å². The zero-order valence-corrected chi connectivity index (χ0v) is 11.4. The number of carbonyl (C=O) groups excluding carboxylic acids is 2. The summed E-state index contributed by atoms with van der Waals surface area (Å²) in [7, 11) is 0. The minimum atomic E-state index is -0.526. The van der Waals surface area contributed by atoms with Crippen molar-refractivity contribution in [2.24, 2.45) is 0 Å². The second-order valence-corrected chi connectivity index (χ2v) is 5.10. The SMILES string of the molecule is CC(C)(C)OC(=O)NCCc1cncc(C=O)c1N. The Morgan fingerprint density at radius 1 is 1.47 bits per heavy atom. The number of anilines is 1. The van der Waals surface area contributed by atoms with Gasteiger partial charge in [0, 0.05) is 24.6 Å². The van der Waals surface area contributed by atoms with E-state index < -0.39 is 11.7 Å². The Morgan fingerprint density at radius 2 is 2.16 bits per heavy atom. The first-order chi connectivity index (χ1) is 8.83. The normalized spacial score (nSPS) is 10.9. The van der Waals surface area contributed by atoms with E-state index in [2.05, 4.69) is 10.3 Å². The molecule has 0 saturated heterocycles. The molecule has 0 atom stereocenters. The van der Waals surface area contributed by atoms with E-state index in [9.17, 15) is 9.59 Å². The monoisotopic (exact) mass is 265 g/mol. The number of carbonyl (C=O) groups is 2. The van der Waals surface area contributed by atoms with Gasteiger partial charge in [-0.15, -0.1) is 0 Å². The van der Waals surface area contributed by atoms with Crippen LogP contribution in [0, 0.1) is 0 Å². The number of aldehydes is 1. The van der Waals surface area contributed by atoms with Crippen molar-refractivity contribution >= 4 is 18.1 Å². The highest BCUT2D eigenvalue weighted by Crippen LogP contribution is 2.14. The molecule has 6 heteroatoms. The first-order valence-corrected chi connectivity index (χ1v) is 5.98. The number of alkyl carbamates (subject to hydrolysis) is 1. The van der Waals surface area contributed by atoms with Crippen molar-refractivity contribution < 1.29 is 14.3 Å². The van der Waals surface area contributed by atoms with Crippen LogP contribution in [0.4, 0.5) is 10.5 Å². The molecule has 0 aromatic carbocycles. The van der Waals surface area contributed by atoms with Crippen LogP contribution in [0.25, 0.3) is 0 Å². The predicted molar refractivity (Wildman–Crippen MR) is 72.0 cm³/mol. The average Bonchev–Trinajstić information content (AvgIpc) is 2.29. The average molecular weight is 265 g/mol. The molecule has 0 aliphatic heterocycles. The second kappa shape index (κ2) is 6.17. The van der Waals surface area contributed by atoms with Crippen LogP contribution in [0.2, 0.25) is 0 Å². The Balaban J connectivity index is 2.50. The van der Waals surface area contributed by atoms with E-state index >= 15 is 0 Å². The van der Waals surface area contributed by atoms with Crippen LogP contribution < -0.4 is 11.1 Å². The summed E-state index contributed by atoms with van der Waals surface area (Å²) in [5, 5.41) is 2.62. The van der Waals surface area contributed by atoms with E-state index in [-0.39, 0.29) is 0 Å². The first-order valence-electron chi connectivity index (χ1n) is 5.98. The Bertz CT molecular complexity index is 467. The molecule has 1 heterocycles. The van der Waals surface area contributed by atoms with Crippen molar-refractivity contribution in [3.63, 3.8) is 0 Å². The highest BCUT2D eigenvalue weighted by Gasteiger charge is 2.15. The largest absolute Gasteiger partial charge is 0.444 e. The molecule has 0 aliphatic rings. The topological polar surface area (TPSA) is 94.3 Å².